The first-order valence-electron chi connectivity index (χ1n) is 11.0. The highest BCUT2D eigenvalue weighted by atomic mass is 16.5. The number of methoxy groups -OCH3 is 1. The summed E-state index contributed by atoms with van der Waals surface area (Å²) in [5.41, 5.74) is 9.05. The fraction of sp³-hybridized carbons (Fsp3) is 0.292. The molecule has 9 nitrogen and oxygen atoms in total. The zero-order valence-electron chi connectivity index (χ0n) is 18.3. The van der Waals surface area contributed by atoms with Crippen LogP contribution < -0.4 is 15.8 Å². The van der Waals surface area contributed by atoms with Crippen molar-refractivity contribution in [3.63, 3.8) is 0 Å². The normalized spacial score (nSPS) is 18.2. The monoisotopic (exact) mass is 443 g/mol. The number of imidazole rings is 1. The van der Waals surface area contributed by atoms with Crippen LogP contribution in [0.4, 0.5) is 11.5 Å². The summed E-state index contributed by atoms with van der Waals surface area (Å²) < 4.78 is 7.31. The van der Waals surface area contributed by atoms with Crippen molar-refractivity contribution in [3.05, 3.63) is 55.1 Å². The molecule has 1 fully saturated rings. The lowest BCUT2D eigenvalue weighted by Gasteiger charge is -2.28. The summed E-state index contributed by atoms with van der Waals surface area (Å²) in [5.74, 6) is 1.61. The number of nitrogens with two attached hydrogens (primary N) is 1. The van der Waals surface area contributed by atoms with Crippen molar-refractivity contribution in [1.82, 2.24) is 24.5 Å². The average molecular weight is 444 g/mol. The van der Waals surface area contributed by atoms with Crippen LogP contribution in [0.3, 0.4) is 0 Å². The fourth-order valence-electron chi connectivity index (χ4n) is 4.39. The van der Waals surface area contributed by atoms with E-state index in [-0.39, 0.29) is 17.9 Å². The average Bonchev–Trinajstić information content (AvgIpc) is 3.29. The van der Waals surface area contributed by atoms with E-state index in [4.69, 9.17) is 15.5 Å². The number of anilines is 2. The van der Waals surface area contributed by atoms with Crippen LogP contribution in [0.25, 0.3) is 22.6 Å². The minimum atomic E-state index is -0.0344. The van der Waals surface area contributed by atoms with E-state index in [0.717, 1.165) is 42.7 Å². The van der Waals surface area contributed by atoms with Gasteiger partial charge in [0.25, 0.3) is 0 Å². The third-order valence-corrected chi connectivity index (χ3v) is 6.17. The predicted molar refractivity (Wildman–Crippen MR) is 126 cm³/mol. The van der Waals surface area contributed by atoms with Crippen molar-refractivity contribution in [2.24, 2.45) is 5.92 Å². The van der Waals surface area contributed by atoms with Gasteiger partial charge in [0.2, 0.25) is 5.91 Å². The molecule has 5 rings (SSSR count). The molecule has 0 aliphatic heterocycles. The lowest BCUT2D eigenvalue weighted by atomic mass is 9.85. The van der Waals surface area contributed by atoms with Gasteiger partial charge in [-0.15, -0.1) is 0 Å². The van der Waals surface area contributed by atoms with E-state index in [1.807, 2.05) is 36.4 Å². The van der Waals surface area contributed by atoms with E-state index < -0.39 is 0 Å². The number of amides is 1. The Morgan fingerprint density at radius 1 is 1.15 bits per heavy atom. The van der Waals surface area contributed by atoms with Crippen LogP contribution in [0.1, 0.15) is 31.7 Å². The zero-order chi connectivity index (χ0) is 22.8. The number of rotatable bonds is 5. The van der Waals surface area contributed by atoms with E-state index in [0.29, 0.717) is 22.8 Å². The van der Waals surface area contributed by atoms with Gasteiger partial charge >= 0.3 is 0 Å². The Bertz CT molecular complexity index is 1280. The number of carbonyl (C=O) groups is 1. The van der Waals surface area contributed by atoms with Crippen molar-refractivity contribution >= 4 is 28.6 Å². The summed E-state index contributed by atoms with van der Waals surface area (Å²) in [6.45, 7) is 0. The summed E-state index contributed by atoms with van der Waals surface area (Å²) in [5, 5.41) is 3.02. The standard InChI is InChI=1S/C24H25N7O2/c1-33-19-6-2-5-17(12-19)28-24(32)15-7-9-18(10-8-15)31-14-27-20-21(25)29-22(30-23(20)31)16-4-3-11-26-13-16/h2-6,11-15,18H,7-10H2,1H3,(H,28,32)(H2,25,29,30)/t15-,18+. The van der Waals surface area contributed by atoms with Crippen molar-refractivity contribution in [2.75, 3.05) is 18.2 Å². The van der Waals surface area contributed by atoms with Crippen molar-refractivity contribution in [3.8, 4) is 17.1 Å². The van der Waals surface area contributed by atoms with Gasteiger partial charge in [-0.3, -0.25) is 9.78 Å². The third-order valence-electron chi connectivity index (χ3n) is 6.17. The Labute approximate surface area is 191 Å². The highest BCUT2D eigenvalue weighted by Gasteiger charge is 2.28. The number of pyridine rings is 1. The maximum absolute atomic E-state index is 12.8. The van der Waals surface area contributed by atoms with Gasteiger partial charge in [-0.2, -0.15) is 0 Å². The molecule has 1 amide bonds. The molecule has 0 bridgehead atoms. The van der Waals surface area contributed by atoms with Crippen molar-refractivity contribution < 1.29 is 9.53 Å². The molecule has 168 valence electrons. The van der Waals surface area contributed by atoms with Gasteiger partial charge in [-0.1, -0.05) is 6.07 Å². The number of nitrogen functional groups attached to an aromatic ring is 1. The van der Waals surface area contributed by atoms with Gasteiger partial charge in [-0.25, -0.2) is 15.0 Å². The van der Waals surface area contributed by atoms with Gasteiger partial charge in [-0.05, 0) is 49.9 Å². The quantitative estimate of drug-likeness (QED) is 0.480. The molecule has 1 aliphatic carbocycles. The molecule has 3 N–H and O–H groups in total. The topological polar surface area (TPSA) is 121 Å². The summed E-state index contributed by atoms with van der Waals surface area (Å²) >= 11 is 0. The number of hydrogen-bond acceptors (Lipinski definition) is 7. The van der Waals surface area contributed by atoms with Crippen LogP contribution in [-0.2, 0) is 4.79 Å². The lowest BCUT2D eigenvalue weighted by Crippen LogP contribution is -2.28. The number of aromatic nitrogens is 5. The maximum Gasteiger partial charge on any atom is 0.227 e. The maximum atomic E-state index is 12.8. The molecular weight excluding hydrogens is 418 g/mol. The number of hydrogen-bond donors (Lipinski definition) is 2. The van der Waals surface area contributed by atoms with Crippen molar-refractivity contribution in [2.45, 2.75) is 31.7 Å². The Balaban J connectivity index is 1.31. The second-order valence-corrected chi connectivity index (χ2v) is 8.22. The molecule has 0 radical (unpaired) electrons. The van der Waals surface area contributed by atoms with Crippen LogP contribution in [0.15, 0.2) is 55.1 Å². The molecule has 1 saturated carbocycles. The molecule has 9 heteroatoms. The van der Waals surface area contributed by atoms with Gasteiger partial charge in [0.15, 0.2) is 17.3 Å². The van der Waals surface area contributed by atoms with Crippen LogP contribution in [0, 0.1) is 5.92 Å². The molecule has 3 aromatic heterocycles. The minimum absolute atomic E-state index is 0.0344. The number of carbonyl (C=O) groups excluding carboxylic acids is 1. The van der Waals surface area contributed by atoms with Gasteiger partial charge in [0.05, 0.1) is 13.4 Å². The summed E-state index contributed by atoms with van der Waals surface area (Å²) in [6, 6.07) is 11.4. The van der Waals surface area contributed by atoms with Crippen LogP contribution >= 0.6 is 0 Å². The Morgan fingerprint density at radius 2 is 2.00 bits per heavy atom. The molecule has 0 saturated heterocycles. The zero-order valence-corrected chi connectivity index (χ0v) is 18.3. The number of ether oxygens (including phenoxy) is 1. The van der Waals surface area contributed by atoms with E-state index in [2.05, 4.69) is 24.8 Å². The van der Waals surface area contributed by atoms with Gasteiger partial charge in [0, 0.05) is 41.7 Å². The Kier molecular flexibility index (Phi) is 5.60. The van der Waals surface area contributed by atoms with Crippen LogP contribution in [0.2, 0.25) is 0 Å². The molecule has 0 atom stereocenters. The molecule has 33 heavy (non-hydrogen) atoms. The fourth-order valence-corrected chi connectivity index (χ4v) is 4.39. The molecule has 1 aromatic carbocycles. The Hall–Kier alpha value is -4.01. The van der Waals surface area contributed by atoms with Crippen molar-refractivity contribution in [1.29, 1.82) is 0 Å². The number of benzene rings is 1. The molecule has 4 aromatic rings. The largest absolute Gasteiger partial charge is 0.497 e. The van der Waals surface area contributed by atoms with Crippen LogP contribution in [-0.4, -0.2) is 37.5 Å². The molecule has 0 spiro atoms. The third kappa shape index (κ3) is 4.21. The van der Waals surface area contributed by atoms with E-state index in [1.165, 1.54) is 0 Å². The summed E-state index contributed by atoms with van der Waals surface area (Å²) in [6.07, 6.45) is 8.49. The second kappa shape index (κ2) is 8.85. The SMILES string of the molecule is COc1cccc(NC(=O)[C@H]2CC[C@@H](n3cnc4c(N)nc(-c5cccnc5)nc43)CC2)c1. The highest BCUT2D eigenvalue weighted by molar-refractivity contribution is 5.92. The second-order valence-electron chi connectivity index (χ2n) is 8.22. The number of fused-ring (bicyclic) bond motifs is 1. The van der Waals surface area contributed by atoms with E-state index in [9.17, 15) is 4.79 Å². The highest BCUT2D eigenvalue weighted by Crippen LogP contribution is 2.35. The first-order valence-corrected chi connectivity index (χ1v) is 11.0. The summed E-state index contributed by atoms with van der Waals surface area (Å²) in [7, 11) is 1.61. The molecule has 3 heterocycles. The van der Waals surface area contributed by atoms with Crippen LogP contribution in [0.5, 0.6) is 5.75 Å². The predicted octanol–water partition coefficient (Wildman–Crippen LogP) is 3.85. The van der Waals surface area contributed by atoms with E-state index >= 15 is 0 Å². The Morgan fingerprint density at radius 3 is 2.76 bits per heavy atom. The smallest absolute Gasteiger partial charge is 0.227 e. The minimum Gasteiger partial charge on any atom is -0.497 e. The first-order chi connectivity index (χ1) is 16.1. The number of nitrogens with zero attached hydrogens (tertiary/aromatic N) is 5. The van der Waals surface area contributed by atoms with E-state index in [1.54, 1.807) is 25.8 Å². The van der Waals surface area contributed by atoms with Gasteiger partial charge < -0.3 is 20.4 Å². The summed E-state index contributed by atoms with van der Waals surface area (Å²) in [4.78, 5) is 30.6. The first kappa shape index (κ1) is 20.9. The molecule has 1 aliphatic rings. The lowest BCUT2D eigenvalue weighted by molar-refractivity contribution is -0.120. The molecular formula is C24H25N7O2. The number of nitrogens with one attached hydrogen (secondary N) is 1. The van der Waals surface area contributed by atoms with Gasteiger partial charge in [0.1, 0.15) is 11.3 Å². The molecule has 0 unspecified atom stereocenters.